The molecule has 0 aliphatic carbocycles. The van der Waals surface area contributed by atoms with Gasteiger partial charge in [-0.15, -0.1) is 0 Å². The number of nitriles is 1. The smallest absolute Gasteiger partial charge is 0.0684 e. The Kier molecular flexibility index (Phi) is 4.04. The van der Waals surface area contributed by atoms with Crippen LogP contribution in [0.5, 0.6) is 0 Å². The van der Waals surface area contributed by atoms with Gasteiger partial charge < -0.3 is 4.90 Å². The predicted octanol–water partition coefficient (Wildman–Crippen LogP) is 3.42. The van der Waals surface area contributed by atoms with Crippen LogP contribution in [0.3, 0.4) is 0 Å². The Morgan fingerprint density at radius 1 is 1.33 bits per heavy atom. The Labute approximate surface area is 110 Å². The second kappa shape index (κ2) is 5.54. The Bertz CT molecular complexity index is 416. The summed E-state index contributed by atoms with van der Waals surface area (Å²) in [5, 5.41) is 9.03. The van der Waals surface area contributed by atoms with Crippen LogP contribution >= 0.6 is 0 Å². The zero-order valence-electron chi connectivity index (χ0n) is 11.4. The number of hydrogen-bond donors (Lipinski definition) is 0. The third-order valence-corrected chi connectivity index (χ3v) is 3.90. The van der Waals surface area contributed by atoms with E-state index in [2.05, 4.69) is 41.3 Å². The van der Waals surface area contributed by atoms with Crippen molar-refractivity contribution in [3.05, 3.63) is 35.9 Å². The minimum Gasteiger partial charge on any atom is -0.303 e. The number of benzene rings is 1. The van der Waals surface area contributed by atoms with Gasteiger partial charge in [-0.25, -0.2) is 0 Å². The molecule has 0 bridgehead atoms. The van der Waals surface area contributed by atoms with Crippen LogP contribution in [0.1, 0.15) is 38.2 Å². The molecule has 1 unspecified atom stereocenters. The van der Waals surface area contributed by atoms with Crippen molar-refractivity contribution >= 4 is 0 Å². The monoisotopic (exact) mass is 242 g/mol. The first-order valence-electron chi connectivity index (χ1n) is 6.79. The summed E-state index contributed by atoms with van der Waals surface area (Å²) >= 11 is 0. The summed E-state index contributed by atoms with van der Waals surface area (Å²) in [5.74, 6) is 0.677. The topological polar surface area (TPSA) is 27.0 Å². The summed E-state index contributed by atoms with van der Waals surface area (Å²) in [4.78, 5) is 2.50. The van der Waals surface area contributed by atoms with E-state index in [0.29, 0.717) is 5.92 Å². The van der Waals surface area contributed by atoms with Crippen molar-refractivity contribution in [1.29, 1.82) is 5.26 Å². The molecule has 2 rings (SSSR count). The van der Waals surface area contributed by atoms with Crippen molar-refractivity contribution in [2.75, 3.05) is 19.6 Å². The van der Waals surface area contributed by atoms with E-state index < -0.39 is 0 Å². The Morgan fingerprint density at radius 2 is 2.06 bits per heavy atom. The molecule has 0 aromatic heterocycles. The van der Waals surface area contributed by atoms with Gasteiger partial charge in [-0.05, 0) is 51.3 Å². The minimum atomic E-state index is -0.190. The molecule has 96 valence electrons. The largest absolute Gasteiger partial charge is 0.303 e. The molecule has 1 heterocycles. The highest BCUT2D eigenvalue weighted by atomic mass is 15.1. The maximum atomic E-state index is 9.03. The molecule has 0 radical (unpaired) electrons. The van der Waals surface area contributed by atoms with E-state index >= 15 is 0 Å². The van der Waals surface area contributed by atoms with Crippen molar-refractivity contribution in [3.8, 4) is 6.07 Å². The summed E-state index contributed by atoms with van der Waals surface area (Å²) in [6, 6.07) is 13.2. The number of rotatable bonds is 4. The second-order valence-corrected chi connectivity index (χ2v) is 5.94. The molecule has 1 fully saturated rings. The molecule has 1 aromatic rings. The van der Waals surface area contributed by atoms with Crippen LogP contribution in [-0.2, 0) is 0 Å². The van der Waals surface area contributed by atoms with Crippen LogP contribution in [0, 0.1) is 16.7 Å². The van der Waals surface area contributed by atoms with E-state index in [4.69, 9.17) is 5.26 Å². The van der Waals surface area contributed by atoms with Gasteiger partial charge in [0.1, 0.15) is 0 Å². The van der Waals surface area contributed by atoms with E-state index in [-0.39, 0.29) is 5.41 Å². The fraction of sp³-hybridized carbons (Fsp3) is 0.562. The summed E-state index contributed by atoms with van der Waals surface area (Å²) < 4.78 is 0. The Morgan fingerprint density at radius 3 is 2.72 bits per heavy atom. The average Bonchev–Trinajstić information content (AvgIpc) is 2.86. The molecule has 2 nitrogen and oxygen atoms in total. The lowest BCUT2D eigenvalue weighted by Gasteiger charge is -2.21. The molecule has 1 aliphatic heterocycles. The number of likely N-dealkylation sites (tertiary alicyclic amines) is 1. The fourth-order valence-corrected chi connectivity index (χ4v) is 2.53. The molecule has 2 heteroatoms. The molecule has 1 aromatic carbocycles. The van der Waals surface area contributed by atoms with Gasteiger partial charge >= 0.3 is 0 Å². The van der Waals surface area contributed by atoms with Gasteiger partial charge in [0.2, 0.25) is 0 Å². The molecule has 0 amide bonds. The summed E-state index contributed by atoms with van der Waals surface area (Å²) in [7, 11) is 0. The Hall–Kier alpha value is -1.33. The van der Waals surface area contributed by atoms with Crippen LogP contribution in [0.15, 0.2) is 30.3 Å². The summed E-state index contributed by atoms with van der Waals surface area (Å²) in [6.07, 6.45) is 2.21. The molecule has 0 N–H and O–H groups in total. The lowest BCUT2D eigenvalue weighted by atomic mass is 9.91. The van der Waals surface area contributed by atoms with Crippen molar-refractivity contribution in [2.24, 2.45) is 5.41 Å². The van der Waals surface area contributed by atoms with Crippen LogP contribution < -0.4 is 0 Å². The highest BCUT2D eigenvalue weighted by molar-refractivity contribution is 5.21. The van der Waals surface area contributed by atoms with E-state index in [1.165, 1.54) is 18.5 Å². The third-order valence-electron chi connectivity index (χ3n) is 3.90. The lowest BCUT2D eigenvalue weighted by molar-refractivity contribution is 0.285. The van der Waals surface area contributed by atoms with Gasteiger partial charge in [-0.2, -0.15) is 5.26 Å². The van der Waals surface area contributed by atoms with Gasteiger partial charge in [0.05, 0.1) is 11.5 Å². The maximum absolute atomic E-state index is 9.03. The normalized spacial score (nSPS) is 20.8. The molecular weight excluding hydrogens is 220 g/mol. The van der Waals surface area contributed by atoms with E-state index in [1.54, 1.807) is 0 Å². The zero-order valence-corrected chi connectivity index (χ0v) is 11.4. The van der Waals surface area contributed by atoms with Gasteiger partial charge in [-0.3, -0.25) is 0 Å². The molecule has 1 saturated heterocycles. The van der Waals surface area contributed by atoms with Crippen molar-refractivity contribution in [2.45, 2.75) is 32.6 Å². The highest BCUT2D eigenvalue weighted by Crippen LogP contribution is 2.28. The standard InChI is InChI=1S/C16H22N2/c1-16(2,13-17)9-11-18-10-8-15(12-18)14-6-4-3-5-7-14/h3-7,15H,8-12H2,1-2H3. The van der Waals surface area contributed by atoms with Crippen LogP contribution in [0.25, 0.3) is 0 Å². The average molecular weight is 242 g/mol. The first-order chi connectivity index (χ1) is 8.61. The lowest BCUT2D eigenvalue weighted by Crippen LogP contribution is -2.25. The van der Waals surface area contributed by atoms with E-state index in [0.717, 1.165) is 19.5 Å². The molecule has 0 spiro atoms. The minimum absolute atomic E-state index is 0.190. The van der Waals surface area contributed by atoms with Crippen molar-refractivity contribution < 1.29 is 0 Å². The quantitative estimate of drug-likeness (QED) is 0.809. The van der Waals surface area contributed by atoms with E-state index in [9.17, 15) is 0 Å². The zero-order chi connectivity index (χ0) is 13.0. The van der Waals surface area contributed by atoms with Gasteiger partial charge in [-0.1, -0.05) is 30.3 Å². The van der Waals surface area contributed by atoms with Gasteiger partial charge in [0.25, 0.3) is 0 Å². The summed E-state index contributed by atoms with van der Waals surface area (Å²) in [6.45, 7) is 7.41. The van der Waals surface area contributed by atoms with Gasteiger partial charge in [0.15, 0.2) is 0 Å². The Balaban J connectivity index is 1.85. The third kappa shape index (κ3) is 3.34. The molecule has 1 aliphatic rings. The molecular formula is C16H22N2. The summed E-state index contributed by atoms with van der Waals surface area (Å²) in [5.41, 5.74) is 1.27. The molecule has 0 saturated carbocycles. The van der Waals surface area contributed by atoms with Crippen LogP contribution in [-0.4, -0.2) is 24.5 Å². The van der Waals surface area contributed by atoms with Crippen LogP contribution in [0.2, 0.25) is 0 Å². The molecule has 18 heavy (non-hydrogen) atoms. The van der Waals surface area contributed by atoms with E-state index in [1.807, 2.05) is 13.8 Å². The van der Waals surface area contributed by atoms with Gasteiger partial charge in [0, 0.05) is 6.54 Å². The number of nitrogens with zero attached hydrogens (tertiary/aromatic N) is 2. The first-order valence-corrected chi connectivity index (χ1v) is 6.79. The fourth-order valence-electron chi connectivity index (χ4n) is 2.53. The van der Waals surface area contributed by atoms with Crippen LogP contribution in [0.4, 0.5) is 0 Å². The van der Waals surface area contributed by atoms with Crippen molar-refractivity contribution in [1.82, 2.24) is 4.90 Å². The van der Waals surface area contributed by atoms with Crippen molar-refractivity contribution in [3.63, 3.8) is 0 Å². The highest BCUT2D eigenvalue weighted by Gasteiger charge is 2.25. The maximum Gasteiger partial charge on any atom is 0.0684 e. The predicted molar refractivity (Wildman–Crippen MR) is 74.3 cm³/mol. The second-order valence-electron chi connectivity index (χ2n) is 5.94. The number of hydrogen-bond acceptors (Lipinski definition) is 2. The first kappa shape index (κ1) is 13.1. The SMILES string of the molecule is CC(C)(C#N)CCN1CCC(c2ccccc2)C1. The molecule has 1 atom stereocenters.